The van der Waals surface area contributed by atoms with E-state index in [4.69, 9.17) is 34.8 Å². The summed E-state index contributed by atoms with van der Waals surface area (Å²) in [7, 11) is 0. The van der Waals surface area contributed by atoms with Gasteiger partial charge < -0.3 is 4.90 Å². The molecule has 1 amide bonds. The molecule has 12 heavy (non-hydrogen) atoms. The first-order chi connectivity index (χ1) is 5.54. The van der Waals surface area contributed by atoms with Crippen LogP contribution in [0.4, 0.5) is 0 Å². The molecule has 0 aromatic heterocycles. The van der Waals surface area contributed by atoms with Gasteiger partial charge in [-0.1, -0.05) is 23.2 Å². The molecule has 1 saturated heterocycles. The van der Waals surface area contributed by atoms with Gasteiger partial charge in [0.1, 0.15) is 0 Å². The highest BCUT2D eigenvalue weighted by atomic mass is 35.5. The fourth-order valence-corrected chi connectivity index (χ4v) is 2.29. The van der Waals surface area contributed by atoms with Crippen molar-refractivity contribution in [2.45, 2.75) is 11.3 Å². The monoisotopic (exact) mass is 229 g/mol. The number of hydrogen-bond donors (Lipinski definition) is 0. The van der Waals surface area contributed by atoms with Crippen molar-refractivity contribution in [3.8, 4) is 0 Å². The summed E-state index contributed by atoms with van der Waals surface area (Å²) in [4.78, 5) is 13.0. The molecule has 1 atom stereocenters. The van der Waals surface area contributed by atoms with Gasteiger partial charge >= 0.3 is 0 Å². The lowest BCUT2D eigenvalue weighted by Gasteiger charge is -2.15. The van der Waals surface area contributed by atoms with E-state index in [-0.39, 0.29) is 11.8 Å². The number of alkyl halides is 3. The molecule has 0 saturated carbocycles. The molecule has 1 aliphatic rings. The molecule has 0 aromatic carbocycles. The van der Waals surface area contributed by atoms with E-state index < -0.39 is 4.33 Å². The second kappa shape index (κ2) is 3.60. The molecule has 5 heteroatoms. The summed E-state index contributed by atoms with van der Waals surface area (Å²) in [6, 6.07) is 0. The average molecular weight is 231 g/mol. The van der Waals surface area contributed by atoms with Gasteiger partial charge in [0.05, 0.1) is 0 Å². The van der Waals surface area contributed by atoms with E-state index in [2.05, 4.69) is 0 Å². The van der Waals surface area contributed by atoms with Gasteiger partial charge in [-0.05, 0) is 6.92 Å². The fraction of sp³-hybridized carbons (Fsp3) is 0.857. The number of carbonyl (C=O) groups is 1. The predicted octanol–water partition coefficient (Wildman–Crippen LogP) is 1.88. The summed E-state index contributed by atoms with van der Waals surface area (Å²) >= 11 is 17.3. The molecular formula is C7H10Cl3NO. The molecule has 0 radical (unpaired) electrons. The maximum atomic E-state index is 11.4. The van der Waals surface area contributed by atoms with Gasteiger partial charge in [-0.25, -0.2) is 0 Å². The van der Waals surface area contributed by atoms with Crippen molar-refractivity contribution in [2.24, 2.45) is 5.92 Å². The Balaban J connectivity index is 2.80. The van der Waals surface area contributed by atoms with Crippen LogP contribution in [0.15, 0.2) is 0 Å². The van der Waals surface area contributed by atoms with Gasteiger partial charge in [-0.3, -0.25) is 4.79 Å². The third-order valence-electron chi connectivity index (χ3n) is 2.09. The van der Waals surface area contributed by atoms with Crippen LogP contribution in [0.2, 0.25) is 0 Å². The van der Waals surface area contributed by atoms with Crippen LogP contribution in [0.5, 0.6) is 0 Å². The zero-order chi connectivity index (χ0) is 9.35. The van der Waals surface area contributed by atoms with Gasteiger partial charge in [0.15, 0.2) is 0 Å². The molecule has 1 heterocycles. The minimum absolute atomic E-state index is 0.157. The van der Waals surface area contributed by atoms with E-state index in [1.165, 1.54) is 0 Å². The van der Waals surface area contributed by atoms with E-state index in [9.17, 15) is 4.79 Å². The Morgan fingerprint density at radius 3 is 2.50 bits per heavy atom. The van der Waals surface area contributed by atoms with Crippen LogP contribution in [-0.2, 0) is 4.79 Å². The molecule has 1 fully saturated rings. The number of carbonyl (C=O) groups excluding carboxylic acids is 1. The lowest BCUT2D eigenvalue weighted by molar-refractivity contribution is -0.128. The van der Waals surface area contributed by atoms with Crippen LogP contribution in [0, 0.1) is 5.92 Å². The van der Waals surface area contributed by atoms with Gasteiger partial charge in [0, 0.05) is 24.9 Å². The zero-order valence-corrected chi connectivity index (χ0v) is 8.96. The predicted molar refractivity (Wildman–Crippen MR) is 50.9 cm³/mol. The number of rotatable bonds is 2. The fourth-order valence-electron chi connectivity index (χ4n) is 1.27. The Hall–Kier alpha value is 0.340. The minimum atomic E-state index is -1.31. The van der Waals surface area contributed by atoms with E-state index in [1.807, 2.05) is 6.92 Å². The minimum Gasteiger partial charge on any atom is -0.340 e. The summed E-state index contributed by atoms with van der Waals surface area (Å²) in [5, 5.41) is 0. The second-order valence-corrected chi connectivity index (χ2v) is 4.51. The highest BCUT2D eigenvalue weighted by molar-refractivity contribution is 6.59. The number of hydrogen-bond acceptors (Lipinski definition) is 1. The quantitative estimate of drug-likeness (QED) is 0.663. The SMILES string of the molecule is CCN1CC(CCl)C(Cl)(Cl)C1=O. The molecule has 2 nitrogen and oxygen atoms in total. The van der Waals surface area contributed by atoms with Crippen LogP contribution in [0.3, 0.4) is 0 Å². The van der Waals surface area contributed by atoms with Crippen molar-refractivity contribution >= 4 is 40.7 Å². The summed E-state index contributed by atoms with van der Waals surface area (Å²) in [5.41, 5.74) is 0. The molecule has 0 spiro atoms. The maximum absolute atomic E-state index is 11.4. The Bertz CT molecular complexity index is 195. The number of nitrogens with zero attached hydrogens (tertiary/aromatic N) is 1. The Kier molecular flexibility index (Phi) is 3.13. The zero-order valence-electron chi connectivity index (χ0n) is 6.69. The smallest absolute Gasteiger partial charge is 0.259 e. The average Bonchev–Trinajstić information content (AvgIpc) is 2.25. The van der Waals surface area contributed by atoms with Gasteiger partial charge in [0.2, 0.25) is 4.33 Å². The van der Waals surface area contributed by atoms with Gasteiger partial charge in [-0.2, -0.15) is 0 Å². The first-order valence-electron chi connectivity index (χ1n) is 3.77. The summed E-state index contributed by atoms with van der Waals surface area (Å²) in [6.07, 6.45) is 0. The van der Waals surface area contributed by atoms with Crippen LogP contribution < -0.4 is 0 Å². The van der Waals surface area contributed by atoms with Crippen molar-refractivity contribution < 1.29 is 4.79 Å². The molecule has 0 aliphatic carbocycles. The van der Waals surface area contributed by atoms with Crippen LogP contribution in [-0.4, -0.2) is 34.1 Å². The van der Waals surface area contributed by atoms with Crippen molar-refractivity contribution in [1.29, 1.82) is 0 Å². The molecule has 1 unspecified atom stereocenters. The Labute approximate surface area is 86.8 Å². The first kappa shape index (κ1) is 10.4. The normalized spacial score (nSPS) is 28.2. The summed E-state index contributed by atoms with van der Waals surface area (Å²) in [5.74, 6) is -0.0659. The third-order valence-corrected chi connectivity index (χ3v) is 3.41. The van der Waals surface area contributed by atoms with Gasteiger partial charge in [0.25, 0.3) is 5.91 Å². The van der Waals surface area contributed by atoms with Gasteiger partial charge in [-0.15, -0.1) is 11.6 Å². The number of amides is 1. The van der Waals surface area contributed by atoms with Crippen LogP contribution in [0.1, 0.15) is 6.92 Å². The van der Waals surface area contributed by atoms with E-state index in [0.29, 0.717) is 19.0 Å². The highest BCUT2D eigenvalue weighted by Gasteiger charge is 2.50. The van der Waals surface area contributed by atoms with Crippen molar-refractivity contribution in [1.82, 2.24) is 4.90 Å². The van der Waals surface area contributed by atoms with E-state index in [0.717, 1.165) is 0 Å². The third kappa shape index (κ3) is 1.52. The molecule has 0 bridgehead atoms. The molecular weight excluding hydrogens is 220 g/mol. The lowest BCUT2D eigenvalue weighted by atomic mass is 10.1. The molecule has 70 valence electrons. The number of likely N-dealkylation sites (tertiary alicyclic amines) is 1. The summed E-state index contributed by atoms with van der Waals surface area (Å²) < 4.78 is -1.31. The van der Waals surface area contributed by atoms with Crippen molar-refractivity contribution in [2.75, 3.05) is 19.0 Å². The van der Waals surface area contributed by atoms with Crippen LogP contribution in [0.25, 0.3) is 0 Å². The topological polar surface area (TPSA) is 20.3 Å². The second-order valence-electron chi connectivity index (χ2n) is 2.82. The molecule has 0 aromatic rings. The van der Waals surface area contributed by atoms with E-state index >= 15 is 0 Å². The lowest BCUT2D eigenvalue weighted by Crippen LogP contribution is -2.33. The number of halogens is 3. The van der Waals surface area contributed by atoms with Crippen LogP contribution >= 0.6 is 34.8 Å². The highest BCUT2D eigenvalue weighted by Crippen LogP contribution is 2.39. The molecule has 0 N–H and O–H groups in total. The largest absolute Gasteiger partial charge is 0.340 e. The Morgan fingerprint density at radius 1 is 1.67 bits per heavy atom. The standard InChI is InChI=1S/C7H10Cl3NO/c1-2-11-4-5(3-8)7(9,10)6(11)12/h5H,2-4H2,1H3. The maximum Gasteiger partial charge on any atom is 0.259 e. The van der Waals surface area contributed by atoms with E-state index in [1.54, 1.807) is 4.90 Å². The van der Waals surface area contributed by atoms with Crippen molar-refractivity contribution in [3.05, 3.63) is 0 Å². The summed E-state index contributed by atoms with van der Waals surface area (Å²) in [6.45, 7) is 3.08. The molecule has 1 aliphatic heterocycles. The molecule has 1 rings (SSSR count). The Morgan fingerprint density at radius 2 is 2.25 bits per heavy atom. The first-order valence-corrected chi connectivity index (χ1v) is 5.06. The van der Waals surface area contributed by atoms with Crippen molar-refractivity contribution in [3.63, 3.8) is 0 Å².